The number of benzene rings is 1. The monoisotopic (exact) mass is 319 g/mol. The third-order valence-corrected chi connectivity index (χ3v) is 4.47. The molecule has 1 aliphatic carbocycles. The Hall–Kier alpha value is -0.550. The van der Waals surface area contributed by atoms with Gasteiger partial charge in [0.15, 0.2) is 11.6 Å². The maximum atomic E-state index is 13.4. The summed E-state index contributed by atoms with van der Waals surface area (Å²) in [4.78, 5) is 0. The molecule has 0 bridgehead atoms. The van der Waals surface area contributed by atoms with Crippen molar-refractivity contribution in [3.63, 3.8) is 0 Å². The number of nitrogens with one attached hydrogen (secondary N) is 1. The Kier molecular flexibility index (Phi) is 4.09. The fourth-order valence-electron chi connectivity index (χ4n) is 2.86. The number of anilines is 1. The fraction of sp³-hybridized carbons (Fsp3) is 0.571. The molecule has 1 heterocycles. The van der Waals surface area contributed by atoms with E-state index < -0.39 is 5.82 Å². The van der Waals surface area contributed by atoms with Gasteiger partial charge in [0, 0.05) is 24.6 Å². The van der Waals surface area contributed by atoms with Crippen LogP contribution in [0.5, 0.6) is 0 Å². The van der Waals surface area contributed by atoms with Gasteiger partial charge >= 0.3 is 0 Å². The molecular weight excluding hydrogens is 304 g/mol. The van der Waals surface area contributed by atoms with Crippen molar-refractivity contribution >= 4 is 28.9 Å². The van der Waals surface area contributed by atoms with Gasteiger partial charge < -0.3 is 14.8 Å². The maximum Gasteiger partial charge on any atom is 0.168 e. The number of hydrogen-bond donors (Lipinski definition) is 1. The van der Waals surface area contributed by atoms with Crippen molar-refractivity contribution in [3.05, 3.63) is 28.0 Å². The Labute approximate surface area is 127 Å². The van der Waals surface area contributed by atoms with Gasteiger partial charge in [-0.25, -0.2) is 4.39 Å². The molecule has 110 valence electrons. The largest absolute Gasteiger partial charge is 0.382 e. The van der Waals surface area contributed by atoms with E-state index in [0.717, 1.165) is 31.4 Å². The molecule has 0 unspecified atom stereocenters. The number of halogens is 3. The van der Waals surface area contributed by atoms with Crippen LogP contribution < -0.4 is 5.32 Å². The summed E-state index contributed by atoms with van der Waals surface area (Å²) in [5, 5.41) is 3.42. The number of hydrogen-bond acceptors (Lipinski definition) is 3. The van der Waals surface area contributed by atoms with Crippen LogP contribution >= 0.6 is 23.2 Å². The molecule has 1 aliphatic heterocycles. The van der Waals surface area contributed by atoms with E-state index in [4.69, 9.17) is 32.7 Å². The highest BCUT2D eigenvalue weighted by Gasteiger charge is 2.40. The fourth-order valence-corrected chi connectivity index (χ4v) is 3.35. The predicted octanol–water partition coefficient (Wildman–Crippen LogP) is 4.23. The van der Waals surface area contributed by atoms with Gasteiger partial charge in [-0.15, -0.1) is 0 Å². The third kappa shape index (κ3) is 2.89. The topological polar surface area (TPSA) is 30.5 Å². The van der Waals surface area contributed by atoms with Crippen LogP contribution in [0.3, 0.4) is 0 Å². The average Bonchev–Trinajstić information content (AvgIpc) is 2.87. The minimum atomic E-state index is -0.575. The third-order valence-electron chi connectivity index (χ3n) is 3.92. The van der Waals surface area contributed by atoms with Gasteiger partial charge in [-0.2, -0.15) is 0 Å². The van der Waals surface area contributed by atoms with E-state index in [2.05, 4.69) is 5.32 Å². The van der Waals surface area contributed by atoms with E-state index in [1.165, 1.54) is 0 Å². The molecule has 1 N–H and O–H groups in total. The quantitative estimate of drug-likeness (QED) is 0.827. The zero-order valence-electron chi connectivity index (χ0n) is 10.9. The van der Waals surface area contributed by atoms with E-state index in [9.17, 15) is 4.39 Å². The SMILES string of the molecule is Fc1c(Cl)cc(NC2CCC3(CC2)OCCO3)cc1Cl. The first kappa shape index (κ1) is 14.4. The Morgan fingerprint density at radius 1 is 1.10 bits per heavy atom. The molecule has 3 nitrogen and oxygen atoms in total. The van der Waals surface area contributed by atoms with Crippen LogP contribution in [-0.4, -0.2) is 25.0 Å². The molecule has 20 heavy (non-hydrogen) atoms. The molecule has 0 radical (unpaired) electrons. The minimum absolute atomic E-state index is 0.0368. The molecule has 1 aromatic carbocycles. The first-order valence-electron chi connectivity index (χ1n) is 6.77. The maximum absolute atomic E-state index is 13.4. The molecule has 0 amide bonds. The Morgan fingerprint density at radius 3 is 2.20 bits per heavy atom. The number of rotatable bonds is 2. The minimum Gasteiger partial charge on any atom is -0.382 e. The number of ether oxygens (including phenoxy) is 2. The van der Waals surface area contributed by atoms with Gasteiger partial charge in [-0.1, -0.05) is 23.2 Å². The van der Waals surface area contributed by atoms with Crippen LogP contribution in [0.25, 0.3) is 0 Å². The second kappa shape index (κ2) is 5.68. The smallest absolute Gasteiger partial charge is 0.168 e. The second-order valence-electron chi connectivity index (χ2n) is 5.28. The van der Waals surface area contributed by atoms with E-state index in [-0.39, 0.29) is 15.8 Å². The zero-order valence-corrected chi connectivity index (χ0v) is 12.4. The van der Waals surface area contributed by atoms with E-state index >= 15 is 0 Å². The van der Waals surface area contributed by atoms with Crippen molar-refractivity contribution < 1.29 is 13.9 Å². The molecule has 1 spiro atoms. The summed E-state index contributed by atoms with van der Waals surface area (Å²) >= 11 is 11.6. The van der Waals surface area contributed by atoms with E-state index in [0.29, 0.717) is 19.3 Å². The lowest BCUT2D eigenvalue weighted by atomic mass is 9.90. The summed E-state index contributed by atoms with van der Waals surface area (Å²) < 4.78 is 24.7. The van der Waals surface area contributed by atoms with Crippen LogP contribution in [0.2, 0.25) is 10.0 Å². The van der Waals surface area contributed by atoms with Crippen molar-refractivity contribution in [2.75, 3.05) is 18.5 Å². The highest BCUT2D eigenvalue weighted by atomic mass is 35.5. The van der Waals surface area contributed by atoms with Crippen LogP contribution in [0.4, 0.5) is 10.1 Å². The lowest BCUT2D eigenvalue weighted by molar-refractivity contribution is -0.177. The molecular formula is C14H16Cl2FNO2. The summed E-state index contributed by atoms with van der Waals surface area (Å²) in [6, 6.07) is 3.43. The van der Waals surface area contributed by atoms with Crippen LogP contribution in [0, 0.1) is 5.82 Å². The standard InChI is InChI=1S/C14H16Cl2FNO2/c15-11-7-10(8-12(16)13(11)17)18-9-1-3-14(4-2-9)19-5-6-20-14/h7-9,18H,1-6H2. The van der Waals surface area contributed by atoms with Crippen LogP contribution in [0.1, 0.15) is 25.7 Å². The van der Waals surface area contributed by atoms with Crippen molar-refractivity contribution in [1.82, 2.24) is 0 Å². The predicted molar refractivity (Wildman–Crippen MR) is 76.9 cm³/mol. The first-order valence-corrected chi connectivity index (χ1v) is 7.53. The molecule has 0 atom stereocenters. The molecule has 2 fully saturated rings. The second-order valence-corrected chi connectivity index (χ2v) is 6.09. The molecule has 1 saturated carbocycles. The van der Waals surface area contributed by atoms with Crippen molar-refractivity contribution in [1.29, 1.82) is 0 Å². The Bertz CT molecular complexity index is 473. The molecule has 1 saturated heterocycles. The lowest BCUT2D eigenvalue weighted by Gasteiger charge is -2.36. The Balaban J connectivity index is 1.62. The summed E-state index contributed by atoms with van der Waals surface area (Å²) in [7, 11) is 0. The van der Waals surface area contributed by atoms with Gasteiger partial charge in [0.2, 0.25) is 0 Å². The van der Waals surface area contributed by atoms with Gasteiger partial charge in [-0.3, -0.25) is 0 Å². The summed E-state index contributed by atoms with van der Waals surface area (Å²) in [6.45, 7) is 1.36. The van der Waals surface area contributed by atoms with E-state index in [1.54, 1.807) is 12.1 Å². The summed E-state index contributed by atoms with van der Waals surface area (Å²) in [6.07, 6.45) is 3.61. The molecule has 3 rings (SSSR count). The molecule has 6 heteroatoms. The highest BCUT2D eigenvalue weighted by Crippen LogP contribution is 2.37. The average molecular weight is 320 g/mol. The highest BCUT2D eigenvalue weighted by molar-refractivity contribution is 6.35. The first-order chi connectivity index (χ1) is 9.58. The van der Waals surface area contributed by atoms with Crippen molar-refractivity contribution in [2.24, 2.45) is 0 Å². The van der Waals surface area contributed by atoms with Crippen molar-refractivity contribution in [3.8, 4) is 0 Å². The van der Waals surface area contributed by atoms with Gasteiger partial charge in [0.05, 0.1) is 23.3 Å². The van der Waals surface area contributed by atoms with Crippen molar-refractivity contribution in [2.45, 2.75) is 37.5 Å². The lowest BCUT2D eigenvalue weighted by Crippen LogP contribution is -2.39. The molecule has 2 aliphatic rings. The normalized spacial score (nSPS) is 22.4. The molecule has 1 aromatic rings. The summed E-state index contributed by atoms with van der Waals surface area (Å²) in [5.41, 5.74) is 0.746. The van der Waals surface area contributed by atoms with E-state index in [1.807, 2.05) is 0 Å². The zero-order chi connectivity index (χ0) is 14.2. The van der Waals surface area contributed by atoms with Gasteiger partial charge in [-0.05, 0) is 25.0 Å². The molecule has 0 aromatic heterocycles. The van der Waals surface area contributed by atoms with Crippen LogP contribution in [0.15, 0.2) is 12.1 Å². The summed E-state index contributed by atoms with van der Waals surface area (Å²) in [5.74, 6) is -0.940. The van der Waals surface area contributed by atoms with Gasteiger partial charge in [0.25, 0.3) is 0 Å². The van der Waals surface area contributed by atoms with Crippen LogP contribution in [-0.2, 0) is 9.47 Å². The Morgan fingerprint density at radius 2 is 1.65 bits per heavy atom. The van der Waals surface area contributed by atoms with Gasteiger partial charge in [0.1, 0.15) is 0 Å².